The number of hydrogen-bond donors (Lipinski definition) is 1. The highest BCUT2D eigenvalue weighted by Crippen LogP contribution is 2.30. The molecule has 0 aliphatic rings. The molecule has 0 bridgehead atoms. The minimum atomic E-state index is 0.236. The molecule has 2 rings (SSSR count). The summed E-state index contributed by atoms with van der Waals surface area (Å²) in [6, 6.07) is 7.95. The number of nitrogens with one attached hydrogen (secondary N) is 1. The van der Waals surface area contributed by atoms with Crippen molar-refractivity contribution >= 4 is 28.1 Å². The van der Waals surface area contributed by atoms with Crippen molar-refractivity contribution in [1.29, 1.82) is 0 Å². The first-order valence-electron chi connectivity index (χ1n) is 5.66. The molecule has 0 radical (unpaired) electrons. The maximum absolute atomic E-state index is 6.15. The van der Waals surface area contributed by atoms with Crippen molar-refractivity contribution in [1.82, 2.24) is 4.98 Å². The number of nitrogens with zero attached hydrogens (tertiary/aromatic N) is 1. The lowest BCUT2D eigenvalue weighted by Gasteiger charge is -2.10. The lowest BCUT2D eigenvalue weighted by Crippen LogP contribution is -2.20. The predicted octanol–water partition coefficient (Wildman–Crippen LogP) is 3.91. The minimum Gasteiger partial charge on any atom is -0.383 e. The third-order valence-corrected chi connectivity index (χ3v) is 3.54. The molecule has 1 aromatic heterocycles. The summed E-state index contributed by atoms with van der Waals surface area (Å²) >= 11 is 7.72. The normalized spacial score (nSPS) is 12.4. The van der Waals surface area contributed by atoms with Crippen molar-refractivity contribution in [3.63, 3.8) is 0 Å². The smallest absolute Gasteiger partial charge is 0.183 e. The van der Waals surface area contributed by atoms with Crippen LogP contribution in [-0.2, 0) is 4.74 Å². The lowest BCUT2D eigenvalue weighted by atomic mass is 10.2. The molecule has 0 saturated carbocycles. The lowest BCUT2D eigenvalue weighted by molar-refractivity contribution is 0.190. The van der Waals surface area contributed by atoms with Crippen molar-refractivity contribution in [2.75, 3.05) is 19.0 Å². The number of aromatic nitrogens is 1. The Morgan fingerprint density at radius 2 is 2.22 bits per heavy atom. The number of halogens is 1. The molecule has 0 fully saturated rings. The van der Waals surface area contributed by atoms with Gasteiger partial charge in [-0.3, -0.25) is 0 Å². The van der Waals surface area contributed by atoms with Crippen LogP contribution in [0.2, 0.25) is 5.02 Å². The minimum absolute atomic E-state index is 0.236. The molecular weight excluding hydrogens is 268 g/mol. The highest BCUT2D eigenvalue weighted by atomic mass is 35.5. The summed E-state index contributed by atoms with van der Waals surface area (Å²) in [7, 11) is 1.69. The quantitative estimate of drug-likeness (QED) is 0.903. The molecular formula is C13H15ClN2OS. The van der Waals surface area contributed by atoms with Crippen LogP contribution in [0.3, 0.4) is 0 Å². The van der Waals surface area contributed by atoms with Crippen LogP contribution in [0.4, 0.5) is 5.13 Å². The fourth-order valence-corrected chi connectivity index (χ4v) is 2.69. The van der Waals surface area contributed by atoms with E-state index in [1.54, 1.807) is 18.4 Å². The molecule has 1 atom stereocenters. The summed E-state index contributed by atoms with van der Waals surface area (Å²) in [5, 5.41) is 6.90. The second kappa shape index (κ2) is 6.18. The standard InChI is InChI=1S/C13H15ClN2OS/c1-9(7-17-2)15-13-16-12(8-18-13)10-5-3-4-6-11(10)14/h3-6,8-9H,7H2,1-2H3,(H,15,16). The Morgan fingerprint density at radius 3 is 2.94 bits per heavy atom. The molecule has 1 aromatic carbocycles. The van der Waals surface area contributed by atoms with E-state index in [0.29, 0.717) is 6.61 Å². The zero-order chi connectivity index (χ0) is 13.0. The zero-order valence-electron chi connectivity index (χ0n) is 10.3. The van der Waals surface area contributed by atoms with Gasteiger partial charge in [-0.1, -0.05) is 29.8 Å². The molecule has 1 heterocycles. The number of ether oxygens (including phenoxy) is 1. The van der Waals surface area contributed by atoms with E-state index in [0.717, 1.165) is 21.4 Å². The average Bonchev–Trinajstić information content (AvgIpc) is 2.78. The van der Waals surface area contributed by atoms with Crippen molar-refractivity contribution in [3.8, 4) is 11.3 Å². The highest BCUT2D eigenvalue weighted by molar-refractivity contribution is 7.14. The van der Waals surface area contributed by atoms with Crippen molar-refractivity contribution in [3.05, 3.63) is 34.7 Å². The van der Waals surface area contributed by atoms with E-state index in [2.05, 4.69) is 17.2 Å². The third-order valence-electron chi connectivity index (χ3n) is 2.44. The molecule has 0 saturated heterocycles. The van der Waals surface area contributed by atoms with Gasteiger partial charge in [-0.2, -0.15) is 0 Å². The molecule has 1 N–H and O–H groups in total. The fourth-order valence-electron chi connectivity index (χ4n) is 1.64. The van der Waals surface area contributed by atoms with Crippen molar-refractivity contribution in [2.24, 2.45) is 0 Å². The molecule has 0 aliphatic heterocycles. The van der Waals surface area contributed by atoms with Crippen LogP contribution in [0.25, 0.3) is 11.3 Å². The van der Waals surface area contributed by atoms with Gasteiger partial charge in [0, 0.05) is 29.1 Å². The summed E-state index contributed by atoms with van der Waals surface area (Å²) in [4.78, 5) is 4.53. The molecule has 1 unspecified atom stereocenters. The zero-order valence-corrected chi connectivity index (χ0v) is 11.9. The number of methoxy groups -OCH3 is 1. The highest BCUT2D eigenvalue weighted by Gasteiger charge is 2.09. The van der Waals surface area contributed by atoms with E-state index in [9.17, 15) is 0 Å². The third kappa shape index (κ3) is 3.22. The molecule has 18 heavy (non-hydrogen) atoms. The number of anilines is 1. The van der Waals surface area contributed by atoms with E-state index < -0.39 is 0 Å². The van der Waals surface area contributed by atoms with Crippen LogP contribution < -0.4 is 5.32 Å². The largest absolute Gasteiger partial charge is 0.383 e. The van der Waals surface area contributed by atoms with E-state index in [1.807, 2.05) is 29.6 Å². The van der Waals surface area contributed by atoms with Crippen LogP contribution in [0.15, 0.2) is 29.6 Å². The second-order valence-corrected chi connectivity index (χ2v) is 5.28. The first-order valence-corrected chi connectivity index (χ1v) is 6.92. The summed E-state index contributed by atoms with van der Waals surface area (Å²) < 4.78 is 5.08. The second-order valence-electron chi connectivity index (χ2n) is 4.02. The molecule has 0 amide bonds. The Hall–Kier alpha value is -1.10. The molecule has 96 valence electrons. The molecule has 0 spiro atoms. The summed E-state index contributed by atoms with van der Waals surface area (Å²) in [5.41, 5.74) is 1.86. The summed E-state index contributed by atoms with van der Waals surface area (Å²) in [5.74, 6) is 0. The van der Waals surface area contributed by atoms with Gasteiger partial charge in [0.1, 0.15) is 0 Å². The number of hydrogen-bond acceptors (Lipinski definition) is 4. The maximum Gasteiger partial charge on any atom is 0.183 e. The Bertz CT molecular complexity index is 515. The Labute approximate surface area is 116 Å². The maximum atomic E-state index is 6.15. The van der Waals surface area contributed by atoms with Gasteiger partial charge >= 0.3 is 0 Å². The van der Waals surface area contributed by atoms with Gasteiger partial charge in [-0.05, 0) is 13.0 Å². The van der Waals surface area contributed by atoms with Gasteiger partial charge in [0.15, 0.2) is 5.13 Å². The van der Waals surface area contributed by atoms with Gasteiger partial charge in [0.05, 0.1) is 12.3 Å². The Balaban J connectivity index is 2.13. The Morgan fingerprint density at radius 1 is 1.44 bits per heavy atom. The fraction of sp³-hybridized carbons (Fsp3) is 0.308. The number of rotatable bonds is 5. The van der Waals surface area contributed by atoms with E-state index in [1.165, 1.54) is 0 Å². The Kier molecular flexibility index (Phi) is 4.58. The molecule has 0 aliphatic carbocycles. The van der Waals surface area contributed by atoms with Crippen molar-refractivity contribution in [2.45, 2.75) is 13.0 Å². The first kappa shape index (κ1) is 13.3. The van der Waals surface area contributed by atoms with Crippen molar-refractivity contribution < 1.29 is 4.74 Å². The molecule has 3 nitrogen and oxygen atoms in total. The number of benzene rings is 1. The van der Waals surface area contributed by atoms with Crippen LogP contribution in [-0.4, -0.2) is 24.7 Å². The molecule has 5 heteroatoms. The summed E-state index contributed by atoms with van der Waals surface area (Å²) in [6.45, 7) is 2.71. The van der Waals surface area contributed by atoms with Gasteiger partial charge in [-0.15, -0.1) is 11.3 Å². The van der Waals surface area contributed by atoms with Gasteiger partial charge in [0.2, 0.25) is 0 Å². The van der Waals surface area contributed by atoms with Gasteiger partial charge in [-0.25, -0.2) is 4.98 Å². The van der Waals surface area contributed by atoms with Crippen LogP contribution in [0, 0.1) is 0 Å². The van der Waals surface area contributed by atoms with Crippen LogP contribution in [0.5, 0.6) is 0 Å². The topological polar surface area (TPSA) is 34.1 Å². The monoisotopic (exact) mass is 282 g/mol. The SMILES string of the molecule is COCC(C)Nc1nc(-c2ccccc2Cl)cs1. The van der Waals surface area contributed by atoms with E-state index in [4.69, 9.17) is 16.3 Å². The first-order chi connectivity index (χ1) is 8.70. The molecule has 2 aromatic rings. The average molecular weight is 283 g/mol. The van der Waals surface area contributed by atoms with Crippen LogP contribution >= 0.6 is 22.9 Å². The summed E-state index contributed by atoms with van der Waals surface area (Å²) in [6.07, 6.45) is 0. The van der Waals surface area contributed by atoms with E-state index in [-0.39, 0.29) is 6.04 Å². The van der Waals surface area contributed by atoms with Crippen LogP contribution in [0.1, 0.15) is 6.92 Å². The number of thiazole rings is 1. The van der Waals surface area contributed by atoms with Gasteiger partial charge < -0.3 is 10.1 Å². The predicted molar refractivity (Wildman–Crippen MR) is 77.5 cm³/mol. The van der Waals surface area contributed by atoms with E-state index >= 15 is 0 Å². The van der Waals surface area contributed by atoms with Gasteiger partial charge in [0.25, 0.3) is 0 Å².